The number of piperidine rings is 2. The van der Waals surface area contributed by atoms with Gasteiger partial charge in [0.05, 0.1) is 33.5 Å². The Bertz CT molecular complexity index is 1870. The van der Waals surface area contributed by atoms with E-state index in [4.69, 9.17) is 21.3 Å². The van der Waals surface area contributed by atoms with Gasteiger partial charge in [-0.15, -0.1) is 0 Å². The monoisotopic (exact) mass is 746 g/mol. The van der Waals surface area contributed by atoms with E-state index >= 15 is 0 Å². The Balaban J connectivity index is 1.52. The summed E-state index contributed by atoms with van der Waals surface area (Å²) >= 11 is 6.66. The number of rotatable bonds is 9. The smallest absolute Gasteiger partial charge is 0.416 e. The topological polar surface area (TPSA) is 57.7 Å². The number of ether oxygens (including phenoxy) is 1. The summed E-state index contributed by atoms with van der Waals surface area (Å²) in [6.07, 6.45) is -4.66. The standard InChI is InChI=1S/C39H41ClF6N4O2/c1-24(2)52-33-22-32-29(21-31(33)40)34(37(51)48-36(39(44,45)46)25-10-5-3-6-11-25)30(35(47-32)26-12-9-13-27(20-26)38(41,42)43)23-49-18-14-28(15-19-49)50-16-7-4-8-17-50/h3,5-6,9-13,20-22,24,28,36H,4,7-8,14-19,23H2,1-2H3,(H,48,51). The molecule has 1 N–H and O–H groups in total. The minimum Gasteiger partial charge on any atom is -0.489 e. The van der Waals surface area contributed by atoms with Gasteiger partial charge in [0, 0.05) is 35.2 Å². The number of hydrogen-bond donors (Lipinski definition) is 1. The Morgan fingerprint density at radius 3 is 2.25 bits per heavy atom. The summed E-state index contributed by atoms with van der Waals surface area (Å²) in [6.45, 7) is 6.94. The Morgan fingerprint density at radius 2 is 1.62 bits per heavy atom. The first-order chi connectivity index (χ1) is 24.7. The number of fused-ring (bicyclic) bond motifs is 1. The molecule has 6 rings (SSSR count). The lowest BCUT2D eigenvalue weighted by atomic mass is 9.93. The van der Waals surface area contributed by atoms with Crippen LogP contribution in [-0.4, -0.2) is 65.2 Å². The van der Waals surface area contributed by atoms with Crippen LogP contribution < -0.4 is 10.1 Å². The third-order valence-electron chi connectivity index (χ3n) is 9.77. The van der Waals surface area contributed by atoms with Crippen molar-refractivity contribution in [2.24, 2.45) is 0 Å². The first-order valence-corrected chi connectivity index (χ1v) is 18.0. The van der Waals surface area contributed by atoms with Crippen LogP contribution in [0.25, 0.3) is 22.2 Å². The Morgan fingerprint density at radius 1 is 0.923 bits per heavy atom. The van der Waals surface area contributed by atoms with E-state index in [1.165, 1.54) is 55.0 Å². The molecular formula is C39H41ClF6N4O2. The van der Waals surface area contributed by atoms with E-state index in [0.29, 0.717) is 19.1 Å². The lowest BCUT2D eigenvalue weighted by molar-refractivity contribution is -0.155. The van der Waals surface area contributed by atoms with Crippen molar-refractivity contribution in [3.05, 3.63) is 94.0 Å². The second kappa shape index (κ2) is 15.6. The fourth-order valence-electron chi connectivity index (χ4n) is 7.30. The zero-order chi connectivity index (χ0) is 37.2. The van der Waals surface area contributed by atoms with E-state index in [0.717, 1.165) is 50.9 Å². The first-order valence-electron chi connectivity index (χ1n) is 17.6. The number of nitrogens with zero attached hydrogens (tertiary/aromatic N) is 3. The van der Waals surface area contributed by atoms with E-state index in [1.54, 1.807) is 19.9 Å². The fraction of sp³-hybridized carbons (Fsp3) is 0.436. The van der Waals surface area contributed by atoms with E-state index in [2.05, 4.69) is 15.1 Å². The van der Waals surface area contributed by atoms with Gasteiger partial charge in [-0.05, 0) is 89.5 Å². The van der Waals surface area contributed by atoms with E-state index in [9.17, 15) is 31.1 Å². The van der Waals surface area contributed by atoms with Gasteiger partial charge in [-0.3, -0.25) is 9.69 Å². The molecule has 2 aliphatic rings. The number of aromatic nitrogens is 1. The molecule has 1 aromatic heterocycles. The molecule has 1 atom stereocenters. The maximum absolute atomic E-state index is 14.6. The molecule has 52 heavy (non-hydrogen) atoms. The second-order valence-corrected chi connectivity index (χ2v) is 14.2. The van der Waals surface area contributed by atoms with Crippen molar-refractivity contribution in [1.29, 1.82) is 0 Å². The average Bonchev–Trinajstić information content (AvgIpc) is 3.11. The minimum atomic E-state index is -4.86. The van der Waals surface area contributed by atoms with Gasteiger partial charge in [0.1, 0.15) is 5.75 Å². The lowest BCUT2D eigenvalue weighted by Crippen LogP contribution is -2.46. The summed E-state index contributed by atoms with van der Waals surface area (Å²) in [4.78, 5) is 23.9. The third-order valence-corrected chi connectivity index (χ3v) is 10.1. The van der Waals surface area contributed by atoms with E-state index < -0.39 is 29.9 Å². The molecule has 0 bridgehead atoms. The van der Waals surface area contributed by atoms with Crippen LogP contribution in [0.2, 0.25) is 5.02 Å². The highest BCUT2D eigenvalue weighted by Crippen LogP contribution is 2.40. The normalized spacial score (nSPS) is 17.4. The number of likely N-dealkylation sites (tertiary alicyclic amines) is 2. The molecule has 4 aromatic rings. The summed E-state index contributed by atoms with van der Waals surface area (Å²) < 4.78 is 91.7. The van der Waals surface area contributed by atoms with Gasteiger partial charge in [0.2, 0.25) is 0 Å². The molecular weight excluding hydrogens is 706 g/mol. The number of carbonyl (C=O) groups is 1. The van der Waals surface area contributed by atoms with Gasteiger partial charge in [-0.1, -0.05) is 60.5 Å². The van der Waals surface area contributed by atoms with Crippen LogP contribution >= 0.6 is 11.6 Å². The summed E-state index contributed by atoms with van der Waals surface area (Å²) in [5.41, 5.74) is -0.765. The number of amides is 1. The lowest BCUT2D eigenvalue weighted by Gasteiger charge is -2.40. The van der Waals surface area contributed by atoms with Gasteiger partial charge < -0.3 is 15.0 Å². The second-order valence-electron chi connectivity index (χ2n) is 13.8. The molecule has 2 aliphatic heterocycles. The van der Waals surface area contributed by atoms with Gasteiger partial charge in [0.15, 0.2) is 6.04 Å². The summed E-state index contributed by atoms with van der Waals surface area (Å²) in [6, 6.07) is 12.5. The molecule has 0 saturated carbocycles. The van der Waals surface area contributed by atoms with Crippen LogP contribution in [0.4, 0.5) is 26.3 Å². The molecule has 13 heteroatoms. The maximum atomic E-state index is 14.6. The van der Waals surface area contributed by atoms with Crippen molar-refractivity contribution in [1.82, 2.24) is 20.1 Å². The van der Waals surface area contributed by atoms with Crippen LogP contribution in [0.15, 0.2) is 66.7 Å². The molecule has 2 saturated heterocycles. The van der Waals surface area contributed by atoms with Crippen LogP contribution in [0, 0.1) is 0 Å². The van der Waals surface area contributed by atoms with Crippen molar-refractivity contribution in [3.8, 4) is 17.0 Å². The average molecular weight is 747 g/mol. The number of carbonyl (C=O) groups excluding carboxylic acids is 1. The van der Waals surface area contributed by atoms with Gasteiger partial charge >= 0.3 is 12.4 Å². The molecule has 0 aliphatic carbocycles. The molecule has 1 amide bonds. The van der Waals surface area contributed by atoms with Gasteiger partial charge in [0.25, 0.3) is 5.91 Å². The van der Waals surface area contributed by atoms with Crippen LogP contribution in [0.5, 0.6) is 5.75 Å². The van der Waals surface area contributed by atoms with E-state index in [1.807, 2.05) is 0 Å². The molecule has 3 aromatic carbocycles. The Hall–Kier alpha value is -3.87. The predicted molar refractivity (Wildman–Crippen MR) is 189 cm³/mol. The minimum absolute atomic E-state index is 0.0583. The van der Waals surface area contributed by atoms with Crippen molar-refractivity contribution < 1.29 is 35.9 Å². The summed E-state index contributed by atoms with van der Waals surface area (Å²) in [5, 5.41) is 2.48. The SMILES string of the molecule is CC(C)Oc1cc2nc(-c3cccc(C(F)(F)F)c3)c(CN3CCC(N4CCCCC4)CC3)c(C(=O)NC(c3ccccc3)C(F)(F)F)c2cc1Cl. The van der Waals surface area contributed by atoms with Crippen molar-refractivity contribution in [3.63, 3.8) is 0 Å². The quantitative estimate of drug-likeness (QED) is 0.173. The predicted octanol–water partition coefficient (Wildman–Crippen LogP) is 9.84. The van der Waals surface area contributed by atoms with Crippen LogP contribution in [0.3, 0.4) is 0 Å². The number of pyridine rings is 1. The van der Waals surface area contributed by atoms with Crippen molar-refractivity contribution >= 4 is 28.4 Å². The van der Waals surface area contributed by atoms with Gasteiger partial charge in [-0.25, -0.2) is 4.98 Å². The van der Waals surface area contributed by atoms with Crippen LogP contribution in [-0.2, 0) is 12.7 Å². The molecule has 0 spiro atoms. The summed E-state index contributed by atoms with van der Waals surface area (Å²) in [7, 11) is 0. The Labute approximate surface area is 304 Å². The van der Waals surface area contributed by atoms with Gasteiger partial charge in [-0.2, -0.15) is 26.3 Å². The van der Waals surface area contributed by atoms with Crippen molar-refractivity contribution in [2.45, 2.75) is 83.0 Å². The molecule has 6 nitrogen and oxygen atoms in total. The largest absolute Gasteiger partial charge is 0.489 e. The molecule has 2 fully saturated rings. The fourth-order valence-corrected chi connectivity index (χ4v) is 7.50. The number of halogens is 7. The number of alkyl halides is 6. The number of benzene rings is 3. The number of nitrogens with one attached hydrogen (secondary N) is 1. The first kappa shape index (κ1) is 37.9. The molecule has 0 radical (unpaired) electrons. The molecule has 3 heterocycles. The Kier molecular flexibility index (Phi) is 11.4. The zero-order valence-corrected chi connectivity index (χ0v) is 29.7. The maximum Gasteiger partial charge on any atom is 0.416 e. The van der Waals surface area contributed by atoms with Crippen molar-refractivity contribution in [2.75, 3.05) is 26.2 Å². The third kappa shape index (κ3) is 8.66. The summed E-state index contributed by atoms with van der Waals surface area (Å²) in [5.74, 6) is -0.846. The number of hydrogen-bond acceptors (Lipinski definition) is 5. The molecule has 1 unspecified atom stereocenters. The highest BCUT2D eigenvalue weighted by atomic mass is 35.5. The van der Waals surface area contributed by atoms with Crippen LogP contribution in [0.1, 0.15) is 79.0 Å². The molecule has 278 valence electrons. The zero-order valence-electron chi connectivity index (χ0n) is 29.0. The van der Waals surface area contributed by atoms with E-state index in [-0.39, 0.29) is 62.3 Å². The highest BCUT2D eigenvalue weighted by molar-refractivity contribution is 6.33. The highest BCUT2D eigenvalue weighted by Gasteiger charge is 2.43.